The molecule has 84 valence electrons. The number of nitrogen functional groups attached to an aromatic ring is 1. The van der Waals surface area contributed by atoms with E-state index in [1.807, 2.05) is 37.4 Å². The Balaban J connectivity index is 2.38. The van der Waals surface area contributed by atoms with Crippen molar-refractivity contribution in [2.24, 2.45) is 7.05 Å². The van der Waals surface area contributed by atoms with Crippen molar-refractivity contribution in [2.45, 2.75) is 0 Å². The summed E-state index contributed by atoms with van der Waals surface area (Å²) in [6.07, 6.45) is 1.67. The molecular weight excluding hydrogens is 214 g/mol. The quantitative estimate of drug-likeness (QED) is 0.683. The first-order valence-corrected chi connectivity index (χ1v) is 5.26. The lowest BCUT2D eigenvalue weighted by atomic mass is 10.1. The Bertz CT molecular complexity index is 672. The van der Waals surface area contributed by atoms with Gasteiger partial charge in [0.25, 0.3) is 0 Å². The van der Waals surface area contributed by atoms with Crippen LogP contribution in [0.1, 0.15) is 0 Å². The molecule has 0 aliphatic carbocycles. The SMILES string of the molecule is Cn1nc(-c2ccccc2)c2c(N)nncc21. The molecule has 2 heterocycles. The molecule has 0 amide bonds. The van der Waals surface area contributed by atoms with Crippen molar-refractivity contribution in [2.75, 3.05) is 5.73 Å². The Kier molecular flexibility index (Phi) is 2.04. The normalized spacial score (nSPS) is 10.9. The first-order chi connectivity index (χ1) is 8.27. The van der Waals surface area contributed by atoms with Crippen LogP contribution in [0.2, 0.25) is 0 Å². The molecule has 17 heavy (non-hydrogen) atoms. The molecule has 0 fully saturated rings. The third-order valence-electron chi connectivity index (χ3n) is 2.74. The molecule has 3 aromatic rings. The lowest BCUT2D eigenvalue weighted by Crippen LogP contribution is -1.94. The maximum atomic E-state index is 5.88. The van der Waals surface area contributed by atoms with Crippen LogP contribution < -0.4 is 5.73 Å². The fourth-order valence-electron chi connectivity index (χ4n) is 1.93. The van der Waals surface area contributed by atoms with Gasteiger partial charge >= 0.3 is 0 Å². The van der Waals surface area contributed by atoms with E-state index >= 15 is 0 Å². The highest BCUT2D eigenvalue weighted by Gasteiger charge is 2.13. The van der Waals surface area contributed by atoms with Crippen molar-refractivity contribution in [3.63, 3.8) is 0 Å². The largest absolute Gasteiger partial charge is 0.382 e. The monoisotopic (exact) mass is 225 g/mol. The summed E-state index contributed by atoms with van der Waals surface area (Å²) in [6, 6.07) is 9.92. The first kappa shape index (κ1) is 9.77. The highest BCUT2D eigenvalue weighted by atomic mass is 15.3. The van der Waals surface area contributed by atoms with Crippen LogP contribution >= 0.6 is 0 Å². The molecule has 3 rings (SSSR count). The molecule has 0 radical (unpaired) electrons. The van der Waals surface area contributed by atoms with Gasteiger partial charge in [-0.1, -0.05) is 30.3 Å². The van der Waals surface area contributed by atoms with Crippen molar-refractivity contribution >= 4 is 16.7 Å². The van der Waals surface area contributed by atoms with Gasteiger partial charge in [0, 0.05) is 12.6 Å². The topological polar surface area (TPSA) is 69.6 Å². The summed E-state index contributed by atoms with van der Waals surface area (Å²) in [5, 5.41) is 13.1. The molecule has 1 aromatic carbocycles. The van der Waals surface area contributed by atoms with E-state index in [-0.39, 0.29) is 0 Å². The van der Waals surface area contributed by atoms with Gasteiger partial charge in [-0.05, 0) is 0 Å². The fourth-order valence-corrected chi connectivity index (χ4v) is 1.93. The van der Waals surface area contributed by atoms with Crippen LogP contribution in [0.15, 0.2) is 36.5 Å². The second-order valence-electron chi connectivity index (χ2n) is 3.83. The van der Waals surface area contributed by atoms with Gasteiger partial charge in [0.15, 0.2) is 5.82 Å². The molecule has 0 aliphatic rings. The zero-order valence-electron chi connectivity index (χ0n) is 9.33. The molecule has 0 spiro atoms. The molecule has 5 heteroatoms. The zero-order valence-corrected chi connectivity index (χ0v) is 9.33. The third-order valence-corrected chi connectivity index (χ3v) is 2.74. The summed E-state index contributed by atoms with van der Waals surface area (Å²) in [6.45, 7) is 0. The van der Waals surface area contributed by atoms with Crippen molar-refractivity contribution in [3.05, 3.63) is 36.5 Å². The van der Waals surface area contributed by atoms with Gasteiger partial charge in [-0.2, -0.15) is 10.2 Å². The van der Waals surface area contributed by atoms with Crippen LogP contribution in [-0.4, -0.2) is 20.0 Å². The summed E-state index contributed by atoms with van der Waals surface area (Å²) >= 11 is 0. The van der Waals surface area contributed by atoms with Crippen molar-refractivity contribution in [1.29, 1.82) is 0 Å². The summed E-state index contributed by atoms with van der Waals surface area (Å²) in [5.74, 6) is 0.412. The number of anilines is 1. The number of aryl methyl sites for hydroxylation is 1. The molecule has 0 saturated carbocycles. The van der Waals surface area contributed by atoms with Crippen molar-refractivity contribution < 1.29 is 0 Å². The van der Waals surface area contributed by atoms with Crippen LogP contribution in [0.25, 0.3) is 22.2 Å². The van der Waals surface area contributed by atoms with Crippen LogP contribution in [0.5, 0.6) is 0 Å². The van der Waals surface area contributed by atoms with E-state index in [1.54, 1.807) is 10.9 Å². The third kappa shape index (κ3) is 1.44. The molecule has 0 saturated heterocycles. The Hall–Kier alpha value is -2.43. The average Bonchev–Trinajstić information content (AvgIpc) is 2.70. The number of fused-ring (bicyclic) bond motifs is 1. The summed E-state index contributed by atoms with van der Waals surface area (Å²) in [4.78, 5) is 0. The predicted molar refractivity (Wildman–Crippen MR) is 66.2 cm³/mol. The maximum absolute atomic E-state index is 5.88. The maximum Gasteiger partial charge on any atom is 0.157 e. The highest BCUT2D eigenvalue weighted by Crippen LogP contribution is 2.29. The Morgan fingerprint density at radius 1 is 1.18 bits per heavy atom. The smallest absolute Gasteiger partial charge is 0.157 e. The van der Waals surface area contributed by atoms with E-state index in [2.05, 4.69) is 15.3 Å². The number of hydrogen-bond donors (Lipinski definition) is 1. The van der Waals surface area contributed by atoms with Gasteiger partial charge in [-0.3, -0.25) is 4.68 Å². The van der Waals surface area contributed by atoms with Crippen LogP contribution in [0, 0.1) is 0 Å². The predicted octanol–water partition coefficient (Wildman–Crippen LogP) is 1.61. The lowest BCUT2D eigenvalue weighted by molar-refractivity contribution is 0.797. The van der Waals surface area contributed by atoms with Crippen LogP contribution in [0.3, 0.4) is 0 Å². The standard InChI is InChI=1S/C12H11N5/c1-17-9-7-14-15-12(13)10(9)11(16-17)8-5-3-2-4-6-8/h2-7H,1H3,(H2,13,15). The number of nitrogens with two attached hydrogens (primary N) is 1. The zero-order chi connectivity index (χ0) is 11.8. The second kappa shape index (κ2) is 3.55. The molecule has 2 aromatic heterocycles. The van der Waals surface area contributed by atoms with E-state index < -0.39 is 0 Å². The van der Waals surface area contributed by atoms with E-state index in [4.69, 9.17) is 5.73 Å². The Morgan fingerprint density at radius 2 is 1.94 bits per heavy atom. The van der Waals surface area contributed by atoms with Crippen LogP contribution in [-0.2, 0) is 7.05 Å². The molecule has 0 bridgehead atoms. The van der Waals surface area contributed by atoms with E-state index in [0.29, 0.717) is 5.82 Å². The van der Waals surface area contributed by atoms with Gasteiger partial charge in [0.2, 0.25) is 0 Å². The minimum absolute atomic E-state index is 0.412. The molecule has 0 aliphatic heterocycles. The summed E-state index contributed by atoms with van der Waals surface area (Å²) in [5.41, 5.74) is 8.64. The minimum atomic E-state index is 0.412. The number of aromatic nitrogens is 4. The summed E-state index contributed by atoms with van der Waals surface area (Å²) < 4.78 is 1.77. The molecule has 5 nitrogen and oxygen atoms in total. The number of nitrogens with zero attached hydrogens (tertiary/aromatic N) is 4. The highest BCUT2D eigenvalue weighted by molar-refractivity contribution is 5.99. The average molecular weight is 225 g/mol. The van der Waals surface area contributed by atoms with Crippen molar-refractivity contribution in [1.82, 2.24) is 20.0 Å². The molecule has 2 N–H and O–H groups in total. The van der Waals surface area contributed by atoms with Gasteiger partial charge in [-0.25, -0.2) is 0 Å². The Morgan fingerprint density at radius 3 is 2.71 bits per heavy atom. The van der Waals surface area contributed by atoms with E-state index in [1.165, 1.54) is 0 Å². The number of benzene rings is 1. The minimum Gasteiger partial charge on any atom is -0.382 e. The molecule has 0 atom stereocenters. The van der Waals surface area contributed by atoms with E-state index in [9.17, 15) is 0 Å². The van der Waals surface area contributed by atoms with E-state index in [0.717, 1.165) is 22.2 Å². The van der Waals surface area contributed by atoms with Gasteiger partial charge in [-0.15, -0.1) is 5.10 Å². The van der Waals surface area contributed by atoms with Gasteiger partial charge in [0.05, 0.1) is 17.1 Å². The number of rotatable bonds is 1. The first-order valence-electron chi connectivity index (χ1n) is 5.26. The fraction of sp³-hybridized carbons (Fsp3) is 0.0833. The summed E-state index contributed by atoms with van der Waals surface area (Å²) in [7, 11) is 1.87. The lowest BCUT2D eigenvalue weighted by Gasteiger charge is -1.98. The van der Waals surface area contributed by atoms with Gasteiger partial charge in [0.1, 0.15) is 5.69 Å². The van der Waals surface area contributed by atoms with Crippen LogP contribution in [0.4, 0.5) is 5.82 Å². The molecule has 0 unspecified atom stereocenters. The number of hydrogen-bond acceptors (Lipinski definition) is 4. The molecular formula is C12H11N5. The Labute approximate surface area is 97.9 Å². The van der Waals surface area contributed by atoms with Crippen molar-refractivity contribution in [3.8, 4) is 11.3 Å². The van der Waals surface area contributed by atoms with Gasteiger partial charge < -0.3 is 5.73 Å². The second-order valence-corrected chi connectivity index (χ2v) is 3.83.